The molecule has 2 aromatic carbocycles. The molecule has 0 aliphatic carbocycles. The van der Waals surface area contributed by atoms with Crippen molar-refractivity contribution in [2.24, 2.45) is 0 Å². The van der Waals surface area contributed by atoms with E-state index in [1.165, 1.54) is 0 Å². The number of ether oxygens (including phenoxy) is 2. The van der Waals surface area contributed by atoms with Gasteiger partial charge in [0.05, 0.1) is 26.3 Å². The van der Waals surface area contributed by atoms with Gasteiger partial charge in [-0.3, -0.25) is 9.80 Å². The maximum atomic E-state index is 14.4. The third-order valence-electron chi connectivity index (χ3n) is 4.70. The van der Waals surface area contributed by atoms with Crippen molar-refractivity contribution < 1.29 is 18.3 Å². The summed E-state index contributed by atoms with van der Waals surface area (Å²) in [5.41, 5.74) is 1.59. The molecule has 4 nitrogen and oxygen atoms in total. The van der Waals surface area contributed by atoms with Gasteiger partial charge < -0.3 is 9.47 Å². The van der Waals surface area contributed by atoms with Crippen LogP contribution < -0.4 is 9.47 Å². The molecular formula is C22H28F2N2O2. The Morgan fingerprint density at radius 3 is 1.21 bits per heavy atom. The molecule has 2 unspecified atom stereocenters. The first-order valence-electron chi connectivity index (χ1n) is 8.96. The first kappa shape index (κ1) is 21.9. The highest BCUT2D eigenvalue weighted by Gasteiger charge is 2.32. The van der Waals surface area contributed by atoms with Gasteiger partial charge in [0, 0.05) is 5.57 Å². The van der Waals surface area contributed by atoms with Crippen LogP contribution in [0.2, 0.25) is 0 Å². The fourth-order valence-corrected chi connectivity index (χ4v) is 3.44. The fraction of sp³-hybridized carbons (Fsp3) is 0.364. The van der Waals surface area contributed by atoms with Gasteiger partial charge in [0.15, 0.2) is 0 Å². The molecule has 6 heteroatoms. The van der Waals surface area contributed by atoms with Crippen molar-refractivity contribution in [1.29, 1.82) is 0 Å². The third kappa shape index (κ3) is 4.88. The van der Waals surface area contributed by atoms with Gasteiger partial charge in [-0.15, -0.1) is 0 Å². The number of benzene rings is 2. The fourth-order valence-electron chi connectivity index (χ4n) is 3.44. The standard InChI is InChI=1S/C22H28F2N2O2/c1-25(2)20(15-7-11-17(27-5)12-8-15)19(22(23)24)21(26(3)4)16-9-13-18(28-6)14-10-16/h7-14,20-21H,1-6H3. The first-order chi connectivity index (χ1) is 13.3. The van der Waals surface area contributed by atoms with Gasteiger partial charge in [-0.2, -0.15) is 8.78 Å². The number of halogens is 2. The molecule has 0 aliphatic rings. The highest BCUT2D eigenvalue weighted by molar-refractivity contribution is 5.40. The van der Waals surface area contributed by atoms with Crippen molar-refractivity contribution in [3.8, 4) is 11.5 Å². The summed E-state index contributed by atoms with van der Waals surface area (Å²) in [6, 6.07) is 13.3. The lowest BCUT2D eigenvalue weighted by Crippen LogP contribution is -2.31. The van der Waals surface area contributed by atoms with Gasteiger partial charge in [0.2, 0.25) is 0 Å². The van der Waals surface area contributed by atoms with Crippen LogP contribution in [-0.2, 0) is 0 Å². The van der Waals surface area contributed by atoms with Crippen LogP contribution >= 0.6 is 0 Å². The summed E-state index contributed by atoms with van der Waals surface area (Å²) in [4.78, 5) is 3.60. The summed E-state index contributed by atoms with van der Waals surface area (Å²) in [5.74, 6) is 1.37. The predicted molar refractivity (Wildman–Crippen MR) is 108 cm³/mol. The number of rotatable bonds is 8. The zero-order chi connectivity index (χ0) is 20.8. The van der Waals surface area contributed by atoms with Crippen LogP contribution in [0.25, 0.3) is 0 Å². The van der Waals surface area contributed by atoms with Crippen molar-refractivity contribution >= 4 is 0 Å². The highest BCUT2D eigenvalue weighted by Crippen LogP contribution is 2.41. The van der Waals surface area contributed by atoms with Gasteiger partial charge >= 0.3 is 0 Å². The molecule has 0 heterocycles. The molecule has 0 N–H and O–H groups in total. The van der Waals surface area contributed by atoms with Crippen molar-refractivity contribution in [2.45, 2.75) is 12.1 Å². The second-order valence-electron chi connectivity index (χ2n) is 6.99. The number of likely N-dealkylation sites (N-methyl/N-ethyl adjacent to an activating group) is 2. The zero-order valence-corrected chi connectivity index (χ0v) is 17.2. The van der Waals surface area contributed by atoms with E-state index in [1.54, 1.807) is 76.5 Å². The minimum Gasteiger partial charge on any atom is -0.497 e. The summed E-state index contributed by atoms with van der Waals surface area (Å²) in [6.45, 7) is 0. The second-order valence-corrected chi connectivity index (χ2v) is 6.99. The summed E-state index contributed by atoms with van der Waals surface area (Å²) < 4.78 is 39.1. The third-order valence-corrected chi connectivity index (χ3v) is 4.70. The van der Waals surface area contributed by atoms with E-state index in [4.69, 9.17) is 9.47 Å². The number of hydrogen-bond donors (Lipinski definition) is 0. The Kier molecular flexibility index (Phi) is 7.54. The SMILES string of the molecule is COc1ccc(C(C(=C(F)F)C(c2ccc(OC)cc2)N(C)C)N(C)C)cc1. The lowest BCUT2D eigenvalue weighted by Gasteiger charge is -2.35. The Balaban J connectivity index is 2.57. The highest BCUT2D eigenvalue weighted by atomic mass is 19.3. The summed E-state index contributed by atoms with van der Waals surface area (Å²) in [7, 11) is 10.4. The van der Waals surface area contributed by atoms with Crippen LogP contribution in [0.1, 0.15) is 23.2 Å². The van der Waals surface area contributed by atoms with E-state index in [0.29, 0.717) is 11.5 Å². The second kappa shape index (κ2) is 9.66. The van der Waals surface area contributed by atoms with Crippen LogP contribution in [0.4, 0.5) is 8.78 Å². The summed E-state index contributed by atoms with van der Waals surface area (Å²) in [5, 5.41) is 0. The van der Waals surface area contributed by atoms with Crippen molar-refractivity contribution in [3.63, 3.8) is 0 Å². The molecule has 0 amide bonds. The maximum absolute atomic E-state index is 14.4. The Labute approximate surface area is 166 Å². The molecule has 0 radical (unpaired) electrons. The summed E-state index contributed by atoms with van der Waals surface area (Å²) >= 11 is 0. The van der Waals surface area contributed by atoms with Gasteiger partial charge in [0.1, 0.15) is 11.5 Å². The Hall–Kier alpha value is -2.44. The monoisotopic (exact) mass is 390 g/mol. The van der Waals surface area contributed by atoms with Gasteiger partial charge in [0.25, 0.3) is 6.08 Å². The molecule has 0 saturated heterocycles. The molecule has 0 spiro atoms. The first-order valence-corrected chi connectivity index (χ1v) is 8.96. The lowest BCUT2D eigenvalue weighted by atomic mass is 9.88. The van der Waals surface area contributed by atoms with Crippen LogP contribution in [0.15, 0.2) is 60.2 Å². The largest absolute Gasteiger partial charge is 0.497 e. The Morgan fingerprint density at radius 1 is 0.679 bits per heavy atom. The topological polar surface area (TPSA) is 24.9 Å². The van der Waals surface area contributed by atoms with Gasteiger partial charge in [-0.1, -0.05) is 24.3 Å². The average Bonchev–Trinajstić information content (AvgIpc) is 2.67. The van der Waals surface area contributed by atoms with E-state index in [9.17, 15) is 8.78 Å². The number of hydrogen-bond acceptors (Lipinski definition) is 4. The molecule has 0 fully saturated rings. The smallest absolute Gasteiger partial charge is 0.273 e. The van der Waals surface area contributed by atoms with Gasteiger partial charge in [-0.25, -0.2) is 0 Å². The minimum atomic E-state index is -1.68. The molecular weight excluding hydrogens is 362 g/mol. The molecule has 0 bridgehead atoms. The zero-order valence-electron chi connectivity index (χ0n) is 17.2. The molecule has 0 saturated carbocycles. The van der Waals surface area contributed by atoms with E-state index < -0.39 is 18.2 Å². The van der Waals surface area contributed by atoms with E-state index in [0.717, 1.165) is 11.1 Å². The van der Waals surface area contributed by atoms with Gasteiger partial charge in [-0.05, 0) is 63.6 Å². The van der Waals surface area contributed by atoms with E-state index in [2.05, 4.69) is 0 Å². The molecule has 28 heavy (non-hydrogen) atoms. The van der Waals surface area contributed by atoms with E-state index >= 15 is 0 Å². The Morgan fingerprint density at radius 2 is 1.00 bits per heavy atom. The number of methoxy groups -OCH3 is 2. The van der Waals surface area contributed by atoms with Crippen LogP contribution in [-0.4, -0.2) is 52.2 Å². The van der Waals surface area contributed by atoms with Crippen LogP contribution in [0.3, 0.4) is 0 Å². The van der Waals surface area contributed by atoms with Crippen LogP contribution in [0, 0.1) is 0 Å². The normalized spacial score (nSPS) is 13.4. The summed E-state index contributed by atoms with van der Waals surface area (Å²) in [6.07, 6.45) is -1.68. The molecule has 2 aromatic rings. The minimum absolute atomic E-state index is 0.0466. The molecule has 2 rings (SSSR count). The maximum Gasteiger partial charge on any atom is 0.273 e. The number of nitrogens with zero attached hydrogens (tertiary/aromatic N) is 2. The lowest BCUT2D eigenvalue weighted by molar-refractivity contribution is 0.245. The van der Waals surface area contributed by atoms with Crippen molar-refractivity contribution in [2.75, 3.05) is 42.4 Å². The van der Waals surface area contributed by atoms with Crippen molar-refractivity contribution in [1.82, 2.24) is 9.80 Å². The van der Waals surface area contributed by atoms with Crippen LogP contribution in [0.5, 0.6) is 11.5 Å². The predicted octanol–water partition coefficient (Wildman–Crippen LogP) is 4.76. The average molecular weight is 390 g/mol. The van der Waals surface area contributed by atoms with E-state index in [1.807, 2.05) is 24.3 Å². The van der Waals surface area contributed by atoms with Crippen molar-refractivity contribution in [3.05, 3.63) is 71.3 Å². The molecule has 0 aromatic heterocycles. The molecule has 152 valence electrons. The van der Waals surface area contributed by atoms with E-state index in [-0.39, 0.29) is 5.57 Å². The molecule has 0 aliphatic heterocycles. The molecule has 2 atom stereocenters. The quantitative estimate of drug-likeness (QED) is 0.649. The Bertz CT molecular complexity index is 722.